The number of amides is 1. The highest BCUT2D eigenvalue weighted by molar-refractivity contribution is 5.82. The Kier molecular flexibility index (Phi) is 3.79. The molecule has 2 fully saturated rings. The summed E-state index contributed by atoms with van der Waals surface area (Å²) in [4.78, 5) is 12.2. The average Bonchev–Trinajstić information content (AvgIpc) is 3.27. The predicted octanol–water partition coefficient (Wildman–Crippen LogP) is 2.30. The Morgan fingerprint density at radius 2 is 2.00 bits per heavy atom. The Bertz CT molecular complexity index is 465. The number of hydrogen-bond donors (Lipinski definition) is 2. The molecule has 0 bridgehead atoms. The third-order valence-electron chi connectivity index (χ3n) is 4.85. The molecule has 1 aromatic carbocycles. The number of piperidine rings is 1. The first-order valence-corrected chi connectivity index (χ1v) is 7.71. The molecule has 1 aromatic rings. The maximum Gasteiger partial charge on any atom is 0.223 e. The Morgan fingerprint density at radius 3 is 2.70 bits per heavy atom. The van der Waals surface area contributed by atoms with Crippen molar-refractivity contribution in [2.24, 2.45) is 11.3 Å². The van der Waals surface area contributed by atoms with Gasteiger partial charge in [0.25, 0.3) is 0 Å². The monoisotopic (exact) mass is 272 g/mol. The average molecular weight is 272 g/mol. The Labute approximate surface area is 121 Å². The molecule has 2 unspecified atom stereocenters. The van der Waals surface area contributed by atoms with E-state index in [0.717, 1.165) is 38.9 Å². The Morgan fingerprint density at radius 1 is 1.30 bits per heavy atom. The van der Waals surface area contributed by atoms with Gasteiger partial charge in [0, 0.05) is 12.5 Å². The van der Waals surface area contributed by atoms with Gasteiger partial charge in [0.05, 0.1) is 0 Å². The highest BCUT2D eigenvalue weighted by Gasteiger charge is 2.44. The van der Waals surface area contributed by atoms with Crippen LogP contribution in [0.1, 0.15) is 37.7 Å². The van der Waals surface area contributed by atoms with E-state index in [1.54, 1.807) is 0 Å². The molecule has 3 rings (SSSR count). The number of rotatable bonds is 4. The molecular formula is C17H24N2O. The fraction of sp³-hybridized carbons (Fsp3) is 0.588. The van der Waals surface area contributed by atoms with Crippen LogP contribution in [0, 0.1) is 11.3 Å². The van der Waals surface area contributed by atoms with Crippen molar-refractivity contribution in [3.05, 3.63) is 35.9 Å². The molecule has 0 radical (unpaired) electrons. The first-order valence-electron chi connectivity index (χ1n) is 7.71. The van der Waals surface area contributed by atoms with E-state index in [1.165, 1.54) is 5.56 Å². The third kappa shape index (κ3) is 3.04. The van der Waals surface area contributed by atoms with E-state index in [0.29, 0.717) is 5.92 Å². The van der Waals surface area contributed by atoms with Gasteiger partial charge >= 0.3 is 0 Å². The van der Waals surface area contributed by atoms with Gasteiger partial charge < -0.3 is 10.6 Å². The van der Waals surface area contributed by atoms with E-state index in [9.17, 15) is 4.79 Å². The van der Waals surface area contributed by atoms with Crippen LogP contribution in [0.2, 0.25) is 0 Å². The standard InChI is InChI=1S/C17H24N2O/c1-17(7-9-18-10-8-17)12-19-16(20)15-11-14(15)13-5-3-2-4-6-13/h2-6,14-15,18H,7-12H2,1H3,(H,19,20). The zero-order valence-electron chi connectivity index (χ0n) is 12.2. The van der Waals surface area contributed by atoms with Gasteiger partial charge in [0.1, 0.15) is 0 Å². The molecular weight excluding hydrogens is 248 g/mol. The van der Waals surface area contributed by atoms with Gasteiger partial charge in [-0.15, -0.1) is 0 Å². The van der Waals surface area contributed by atoms with Gasteiger partial charge in [-0.3, -0.25) is 4.79 Å². The number of carbonyl (C=O) groups excluding carboxylic acids is 1. The SMILES string of the molecule is CC1(CNC(=O)C2CC2c2ccccc2)CCNCC1. The fourth-order valence-electron chi connectivity index (χ4n) is 3.19. The molecule has 3 nitrogen and oxygen atoms in total. The summed E-state index contributed by atoms with van der Waals surface area (Å²) >= 11 is 0. The first-order chi connectivity index (χ1) is 9.68. The number of hydrogen-bond acceptors (Lipinski definition) is 2. The fourth-order valence-corrected chi connectivity index (χ4v) is 3.19. The maximum atomic E-state index is 12.2. The Hall–Kier alpha value is -1.35. The molecule has 2 atom stereocenters. The normalized spacial score (nSPS) is 27.9. The van der Waals surface area contributed by atoms with Crippen LogP contribution in [0.25, 0.3) is 0 Å². The molecule has 2 aliphatic rings. The second kappa shape index (κ2) is 5.57. The molecule has 1 saturated heterocycles. The van der Waals surface area contributed by atoms with Crippen LogP contribution < -0.4 is 10.6 Å². The van der Waals surface area contributed by atoms with Gasteiger partial charge in [-0.05, 0) is 49.2 Å². The largest absolute Gasteiger partial charge is 0.355 e. The summed E-state index contributed by atoms with van der Waals surface area (Å²) in [6, 6.07) is 10.4. The van der Waals surface area contributed by atoms with Crippen molar-refractivity contribution in [3.63, 3.8) is 0 Å². The van der Waals surface area contributed by atoms with E-state index < -0.39 is 0 Å². The van der Waals surface area contributed by atoms with Crippen molar-refractivity contribution in [3.8, 4) is 0 Å². The van der Waals surface area contributed by atoms with Crippen LogP contribution in [-0.2, 0) is 4.79 Å². The summed E-state index contributed by atoms with van der Waals surface area (Å²) in [5.41, 5.74) is 1.58. The molecule has 1 aliphatic heterocycles. The third-order valence-corrected chi connectivity index (χ3v) is 4.85. The summed E-state index contributed by atoms with van der Waals surface area (Å²) in [6.45, 7) is 5.26. The van der Waals surface area contributed by atoms with Crippen molar-refractivity contribution in [1.29, 1.82) is 0 Å². The van der Waals surface area contributed by atoms with Crippen LogP contribution in [0.3, 0.4) is 0 Å². The van der Waals surface area contributed by atoms with Crippen molar-refractivity contribution in [1.82, 2.24) is 10.6 Å². The van der Waals surface area contributed by atoms with Gasteiger partial charge in [-0.2, -0.15) is 0 Å². The molecule has 0 spiro atoms. The minimum atomic E-state index is 0.197. The van der Waals surface area contributed by atoms with Crippen LogP contribution in [0.4, 0.5) is 0 Å². The molecule has 1 amide bonds. The van der Waals surface area contributed by atoms with Crippen LogP contribution in [0.5, 0.6) is 0 Å². The van der Waals surface area contributed by atoms with Gasteiger partial charge in [0.15, 0.2) is 0 Å². The van der Waals surface area contributed by atoms with Crippen LogP contribution >= 0.6 is 0 Å². The second-order valence-electron chi connectivity index (χ2n) is 6.64. The van der Waals surface area contributed by atoms with Gasteiger partial charge in [-0.25, -0.2) is 0 Å². The molecule has 3 heteroatoms. The maximum absolute atomic E-state index is 12.2. The summed E-state index contributed by atoms with van der Waals surface area (Å²) < 4.78 is 0. The minimum Gasteiger partial charge on any atom is -0.355 e. The minimum absolute atomic E-state index is 0.197. The van der Waals surface area contributed by atoms with Crippen molar-refractivity contribution >= 4 is 5.91 Å². The number of nitrogens with one attached hydrogen (secondary N) is 2. The molecule has 20 heavy (non-hydrogen) atoms. The van der Waals surface area contributed by atoms with E-state index in [4.69, 9.17) is 0 Å². The predicted molar refractivity (Wildman–Crippen MR) is 80.5 cm³/mol. The molecule has 108 valence electrons. The topological polar surface area (TPSA) is 41.1 Å². The van der Waals surface area contributed by atoms with Crippen molar-refractivity contribution < 1.29 is 4.79 Å². The summed E-state index contributed by atoms with van der Waals surface area (Å²) in [6.07, 6.45) is 3.31. The molecule has 2 N–H and O–H groups in total. The quantitative estimate of drug-likeness (QED) is 0.883. The van der Waals surface area contributed by atoms with Crippen molar-refractivity contribution in [2.75, 3.05) is 19.6 Å². The summed E-state index contributed by atoms with van der Waals surface area (Å²) in [5, 5.41) is 6.57. The Balaban J connectivity index is 1.49. The zero-order chi connectivity index (χ0) is 14.0. The van der Waals surface area contributed by atoms with Crippen LogP contribution in [0.15, 0.2) is 30.3 Å². The number of benzene rings is 1. The number of carbonyl (C=O) groups is 1. The van der Waals surface area contributed by atoms with E-state index >= 15 is 0 Å². The second-order valence-corrected chi connectivity index (χ2v) is 6.64. The lowest BCUT2D eigenvalue weighted by molar-refractivity contribution is -0.123. The lowest BCUT2D eigenvalue weighted by atomic mass is 9.81. The van der Waals surface area contributed by atoms with E-state index in [1.807, 2.05) is 6.07 Å². The van der Waals surface area contributed by atoms with E-state index in [-0.39, 0.29) is 17.2 Å². The van der Waals surface area contributed by atoms with Crippen LogP contribution in [-0.4, -0.2) is 25.5 Å². The first kappa shape index (κ1) is 13.6. The summed E-state index contributed by atoms with van der Waals surface area (Å²) in [5.74, 6) is 0.887. The molecule has 1 aliphatic carbocycles. The summed E-state index contributed by atoms with van der Waals surface area (Å²) in [7, 11) is 0. The lowest BCUT2D eigenvalue weighted by Gasteiger charge is -2.34. The highest BCUT2D eigenvalue weighted by atomic mass is 16.2. The molecule has 0 aromatic heterocycles. The van der Waals surface area contributed by atoms with E-state index in [2.05, 4.69) is 41.8 Å². The smallest absolute Gasteiger partial charge is 0.223 e. The molecule has 1 heterocycles. The highest BCUT2D eigenvalue weighted by Crippen LogP contribution is 2.47. The van der Waals surface area contributed by atoms with Gasteiger partial charge in [-0.1, -0.05) is 37.3 Å². The lowest BCUT2D eigenvalue weighted by Crippen LogP contribution is -2.43. The zero-order valence-corrected chi connectivity index (χ0v) is 12.2. The van der Waals surface area contributed by atoms with Crippen molar-refractivity contribution in [2.45, 2.75) is 32.1 Å². The van der Waals surface area contributed by atoms with Gasteiger partial charge in [0.2, 0.25) is 5.91 Å². The molecule has 1 saturated carbocycles.